The minimum atomic E-state index is -0.305. The Morgan fingerprint density at radius 3 is 2.61 bits per heavy atom. The summed E-state index contributed by atoms with van der Waals surface area (Å²) in [5, 5.41) is 11.3. The number of para-hydroxylation sites is 1. The number of hydrogen-bond acceptors (Lipinski definition) is 4. The van der Waals surface area contributed by atoms with Gasteiger partial charge >= 0.3 is 207 Å². The van der Waals surface area contributed by atoms with Crippen molar-refractivity contribution in [3.05, 3.63) is 89.2 Å². The molecule has 0 saturated carbocycles. The van der Waals surface area contributed by atoms with Gasteiger partial charge in [0.1, 0.15) is 0 Å². The van der Waals surface area contributed by atoms with E-state index in [-0.39, 0.29) is 6.03 Å². The van der Waals surface area contributed by atoms with Crippen LogP contribution in [0.3, 0.4) is 0 Å². The molecular weight excluding hydrogens is 463 g/mol. The van der Waals surface area contributed by atoms with Crippen molar-refractivity contribution in [2.75, 3.05) is 21.7 Å². The summed E-state index contributed by atoms with van der Waals surface area (Å²) in [6.45, 7) is 12.2. The van der Waals surface area contributed by atoms with Crippen LogP contribution in [0, 0.1) is 6.92 Å². The minimum absolute atomic E-state index is 0.305. The Labute approximate surface area is 220 Å². The molecule has 0 saturated heterocycles. The van der Waals surface area contributed by atoms with Gasteiger partial charge in [-0.05, 0) is 0 Å². The first-order valence-corrected chi connectivity index (χ1v) is 13.3. The fourth-order valence-corrected chi connectivity index (χ4v) is 4.07. The second-order valence-electron chi connectivity index (χ2n) is 7.86. The average molecular weight is 501 g/mol. The number of carbonyl (C=O) groups excluding carboxylic acids is 1. The summed E-state index contributed by atoms with van der Waals surface area (Å²) in [5.41, 5.74) is 12.3. The molecule has 0 aliphatic heterocycles. The van der Waals surface area contributed by atoms with Gasteiger partial charge in [0.15, 0.2) is 0 Å². The second kappa shape index (κ2) is 15.4. The van der Waals surface area contributed by atoms with E-state index in [9.17, 15) is 4.79 Å². The molecule has 3 rings (SSSR count). The normalized spacial score (nSPS) is 11.2. The Morgan fingerprint density at radius 2 is 1.89 bits per heavy atom. The molecule has 1 aromatic heterocycles. The van der Waals surface area contributed by atoms with Gasteiger partial charge in [0.2, 0.25) is 0 Å². The van der Waals surface area contributed by atoms with Crippen molar-refractivity contribution in [3.8, 4) is 0 Å². The van der Waals surface area contributed by atoms with Crippen molar-refractivity contribution in [2.24, 2.45) is 0 Å². The molecule has 2 amide bonds. The van der Waals surface area contributed by atoms with Gasteiger partial charge in [0.25, 0.3) is 0 Å². The van der Waals surface area contributed by atoms with E-state index in [4.69, 9.17) is 5.73 Å². The molecule has 0 atom stereocenters. The molecule has 1 heterocycles. The van der Waals surface area contributed by atoms with Crippen LogP contribution < -0.4 is 21.7 Å². The van der Waals surface area contributed by atoms with E-state index in [1.807, 2.05) is 70.2 Å². The molecule has 0 spiro atoms. The van der Waals surface area contributed by atoms with E-state index in [2.05, 4.69) is 53.4 Å². The topological polar surface area (TPSA) is 79.2 Å². The van der Waals surface area contributed by atoms with E-state index in [1.54, 1.807) is 23.5 Å². The van der Waals surface area contributed by atoms with E-state index in [1.165, 1.54) is 0 Å². The van der Waals surface area contributed by atoms with Crippen LogP contribution >= 0.6 is 11.3 Å². The van der Waals surface area contributed by atoms with E-state index < -0.39 is 0 Å². The summed E-state index contributed by atoms with van der Waals surface area (Å²) in [7, 11) is 0. The third-order valence-electron chi connectivity index (χ3n) is 5.12. The summed E-state index contributed by atoms with van der Waals surface area (Å²) in [6, 6.07) is 12.8. The Kier molecular flexibility index (Phi) is 12.3. The van der Waals surface area contributed by atoms with Crippen molar-refractivity contribution in [2.45, 2.75) is 47.5 Å². The molecule has 5 N–H and O–H groups in total. The van der Waals surface area contributed by atoms with E-state index in [0.717, 1.165) is 45.7 Å². The molecule has 0 aliphatic carbocycles. The molecule has 3 aromatic rings. The zero-order valence-corrected chi connectivity index (χ0v) is 22.7. The standard InChI is InChI=1S/C27H31BN4OS.C2H6/c1-4-6-8-13-20(12-7-5-2)22-18-34-26(28-22)31-25-17-21(15-16-23(25)29)30-27(33)32-24-14-10-9-11-19(24)3;1-2/h5,7-18,31H,4,6,29H2,1-3H3,(H2,30,32,33);1-2H3/b7-5-,13-8+,20-12+;. The van der Waals surface area contributed by atoms with Crippen LogP contribution in [0.1, 0.15) is 51.6 Å². The maximum atomic E-state index is 12.5. The molecule has 36 heavy (non-hydrogen) atoms. The summed E-state index contributed by atoms with van der Waals surface area (Å²) in [4.78, 5) is 13.4. The zero-order valence-electron chi connectivity index (χ0n) is 21.9. The van der Waals surface area contributed by atoms with Gasteiger partial charge in [0.05, 0.1) is 0 Å². The summed E-state index contributed by atoms with van der Waals surface area (Å²) >= 11 is 1.61. The van der Waals surface area contributed by atoms with Crippen LogP contribution in [0.2, 0.25) is 0 Å². The van der Waals surface area contributed by atoms with Crippen LogP contribution in [0.4, 0.5) is 32.4 Å². The van der Waals surface area contributed by atoms with Crippen LogP contribution in [-0.2, 0) is 0 Å². The third kappa shape index (κ3) is 8.89. The third-order valence-corrected chi connectivity index (χ3v) is 5.96. The molecule has 0 unspecified atom stereocenters. The summed E-state index contributed by atoms with van der Waals surface area (Å²) < 4.78 is 0. The van der Waals surface area contributed by atoms with Crippen molar-refractivity contribution in [3.63, 3.8) is 0 Å². The van der Waals surface area contributed by atoms with Gasteiger partial charge in [0, 0.05) is 0 Å². The van der Waals surface area contributed by atoms with Gasteiger partial charge in [-0.15, -0.1) is 0 Å². The molecule has 2 aromatic carbocycles. The van der Waals surface area contributed by atoms with Gasteiger partial charge in [-0.1, -0.05) is 13.8 Å². The van der Waals surface area contributed by atoms with E-state index >= 15 is 0 Å². The summed E-state index contributed by atoms with van der Waals surface area (Å²) in [6.07, 6.45) is 12.7. The molecule has 0 bridgehead atoms. The Hall–Kier alpha value is -3.58. The fourth-order valence-electron chi connectivity index (χ4n) is 3.25. The number of nitrogens with two attached hydrogens (primary N) is 1. The van der Waals surface area contributed by atoms with Crippen LogP contribution in [0.25, 0.3) is 5.57 Å². The Bertz CT molecular complexity index is 1210. The average Bonchev–Trinajstić information content (AvgIpc) is 3.34. The first-order chi connectivity index (χ1) is 17.5. The monoisotopic (exact) mass is 500 g/mol. The number of carbonyl (C=O) groups is 1. The number of urea groups is 1. The predicted octanol–water partition coefficient (Wildman–Crippen LogP) is 8.71. The van der Waals surface area contributed by atoms with Gasteiger partial charge in [-0.3, -0.25) is 0 Å². The number of benzene rings is 2. The molecule has 0 aliphatic rings. The van der Waals surface area contributed by atoms with Gasteiger partial charge < -0.3 is 0 Å². The molecule has 0 fully saturated rings. The van der Waals surface area contributed by atoms with Crippen LogP contribution in [0.5, 0.6) is 0 Å². The van der Waals surface area contributed by atoms with E-state index in [0.29, 0.717) is 11.4 Å². The Balaban J connectivity index is 0.00000222. The number of nitrogen functional groups attached to an aromatic ring is 1. The van der Waals surface area contributed by atoms with Crippen LogP contribution in [-0.4, -0.2) is 12.9 Å². The van der Waals surface area contributed by atoms with Crippen molar-refractivity contribution >= 4 is 57.5 Å². The maximum absolute atomic E-state index is 12.5. The number of nitrogens with one attached hydrogen (secondary N) is 3. The first-order valence-electron chi connectivity index (χ1n) is 12.4. The number of unbranched alkanes of at least 4 members (excludes halogenated alkanes) is 1. The predicted molar refractivity (Wildman–Crippen MR) is 162 cm³/mol. The summed E-state index contributed by atoms with van der Waals surface area (Å²) in [5.74, 6) is 0. The molecule has 7 heteroatoms. The van der Waals surface area contributed by atoms with Crippen molar-refractivity contribution in [1.29, 1.82) is 0 Å². The van der Waals surface area contributed by atoms with Crippen molar-refractivity contribution < 1.29 is 4.79 Å². The fraction of sp³-hybridized carbons (Fsp3) is 0.241. The zero-order chi connectivity index (χ0) is 26.3. The molecule has 5 nitrogen and oxygen atoms in total. The SMILES string of the molecule is CC.C\C=C/C=C(\C=C\CCC)c1bc(Nc2cc(NC(=O)Nc3ccccc3C)ccc2N)sc1. The number of anilines is 5. The van der Waals surface area contributed by atoms with Crippen LogP contribution in [0.15, 0.2) is 78.2 Å². The number of rotatable bonds is 9. The quantitative estimate of drug-likeness (QED) is 0.175. The molecule has 188 valence electrons. The number of allylic oxidation sites excluding steroid dienone is 6. The number of aryl methyl sites for hydroxylation is 1. The first kappa shape index (κ1) is 28.7. The second-order valence-corrected chi connectivity index (χ2v) is 8.77. The number of amides is 2. The Morgan fingerprint density at radius 1 is 1.11 bits per heavy atom. The van der Waals surface area contributed by atoms with Crippen molar-refractivity contribution in [1.82, 2.24) is 0 Å². The van der Waals surface area contributed by atoms with Gasteiger partial charge in [-0.25, -0.2) is 0 Å². The molecule has 0 radical (unpaired) electrons. The van der Waals surface area contributed by atoms with Gasteiger partial charge in [-0.2, -0.15) is 0 Å². The number of hydrogen-bond donors (Lipinski definition) is 4. The molecular formula is C29H37BN4OS.